The van der Waals surface area contributed by atoms with Crippen molar-refractivity contribution in [2.45, 2.75) is 32.6 Å². The summed E-state index contributed by atoms with van der Waals surface area (Å²) in [5.74, 6) is -2.83. The molecule has 0 fully saturated rings. The van der Waals surface area contributed by atoms with Gasteiger partial charge in [-0.2, -0.15) is 0 Å². The highest BCUT2D eigenvalue weighted by molar-refractivity contribution is 5.93. The number of carbonyl (C=O) groups is 4. The van der Waals surface area contributed by atoms with Gasteiger partial charge >= 0.3 is 23.9 Å². The van der Waals surface area contributed by atoms with E-state index in [2.05, 4.69) is 9.97 Å². The van der Waals surface area contributed by atoms with E-state index in [1.165, 1.54) is 28.4 Å². The van der Waals surface area contributed by atoms with Crippen molar-refractivity contribution >= 4 is 23.9 Å². The zero-order chi connectivity index (χ0) is 27.3. The summed E-state index contributed by atoms with van der Waals surface area (Å²) in [6, 6.07) is 9.41. The molecule has 3 rings (SSSR count). The van der Waals surface area contributed by atoms with Crippen LogP contribution in [0.3, 0.4) is 0 Å². The fraction of sp³-hybridized carbons (Fsp3) is 0.333. The van der Waals surface area contributed by atoms with Gasteiger partial charge in [0.25, 0.3) is 0 Å². The van der Waals surface area contributed by atoms with Crippen LogP contribution in [0, 0.1) is 13.8 Å². The normalized spacial score (nSPS) is 10.8. The van der Waals surface area contributed by atoms with E-state index in [0.717, 1.165) is 5.56 Å². The molecule has 0 aliphatic heterocycles. The van der Waals surface area contributed by atoms with Crippen LogP contribution in [-0.4, -0.2) is 62.3 Å². The third-order valence-corrected chi connectivity index (χ3v) is 6.42. The van der Waals surface area contributed by atoms with Crippen LogP contribution in [0.2, 0.25) is 0 Å². The zero-order valence-electron chi connectivity index (χ0n) is 21.6. The molecule has 0 spiro atoms. The number of hydrogen-bond donors (Lipinski definition) is 2. The standard InChI is InChI=1S/C27H30N2O8/c1-14-17(12-19(30)34-3)24(26(32)36-5)28-22(14)21(16-10-8-7-9-11-16)23-15(2)18(13-20(31)35-4)25(29-23)27(33)37-6/h7-11,21,28-29H,12-13H2,1-6H3. The summed E-state index contributed by atoms with van der Waals surface area (Å²) in [6.45, 7) is 3.59. The lowest BCUT2D eigenvalue weighted by Crippen LogP contribution is -2.11. The molecule has 2 N–H and O–H groups in total. The summed E-state index contributed by atoms with van der Waals surface area (Å²) in [5, 5.41) is 0. The first-order valence-corrected chi connectivity index (χ1v) is 11.5. The second-order valence-electron chi connectivity index (χ2n) is 8.37. The Balaban J connectivity index is 2.33. The number of nitrogens with one attached hydrogen (secondary N) is 2. The highest BCUT2D eigenvalue weighted by Gasteiger charge is 2.32. The Bertz CT molecular complexity index is 1240. The molecule has 1 aromatic carbocycles. The van der Waals surface area contributed by atoms with E-state index in [4.69, 9.17) is 18.9 Å². The van der Waals surface area contributed by atoms with Crippen LogP contribution in [0.1, 0.15) is 66.1 Å². The number of aromatic nitrogens is 2. The van der Waals surface area contributed by atoms with Crippen LogP contribution in [0.5, 0.6) is 0 Å². The summed E-state index contributed by atoms with van der Waals surface area (Å²) in [7, 11) is 5.06. The molecular formula is C27H30N2O8. The third kappa shape index (κ3) is 5.42. The van der Waals surface area contributed by atoms with Gasteiger partial charge in [-0.3, -0.25) is 9.59 Å². The summed E-state index contributed by atoms with van der Waals surface area (Å²) in [4.78, 5) is 56.0. The number of aromatic amines is 2. The molecule has 2 aromatic heterocycles. The molecule has 0 aliphatic carbocycles. The van der Waals surface area contributed by atoms with Gasteiger partial charge in [-0.15, -0.1) is 0 Å². The monoisotopic (exact) mass is 510 g/mol. The molecule has 0 aliphatic rings. The average molecular weight is 511 g/mol. The van der Waals surface area contributed by atoms with Gasteiger partial charge in [-0.25, -0.2) is 9.59 Å². The van der Waals surface area contributed by atoms with E-state index >= 15 is 0 Å². The van der Waals surface area contributed by atoms with Gasteiger partial charge in [-0.05, 0) is 41.7 Å². The van der Waals surface area contributed by atoms with E-state index in [1.54, 1.807) is 13.8 Å². The SMILES string of the molecule is COC(=O)Cc1c(C(=O)OC)[nH]c(C(c2ccccc2)c2[nH]c(C(=O)OC)c(CC(=O)OC)c2C)c1C. The Morgan fingerprint density at radius 3 is 1.43 bits per heavy atom. The maximum atomic E-state index is 12.6. The lowest BCUT2D eigenvalue weighted by Gasteiger charge is -2.19. The van der Waals surface area contributed by atoms with Crippen molar-refractivity contribution in [1.29, 1.82) is 0 Å². The molecule has 0 amide bonds. The lowest BCUT2D eigenvalue weighted by atomic mass is 9.87. The molecule has 37 heavy (non-hydrogen) atoms. The largest absolute Gasteiger partial charge is 0.469 e. The van der Waals surface area contributed by atoms with Crippen molar-refractivity contribution < 1.29 is 38.1 Å². The van der Waals surface area contributed by atoms with Crippen LogP contribution in [0.4, 0.5) is 0 Å². The van der Waals surface area contributed by atoms with Crippen molar-refractivity contribution in [3.63, 3.8) is 0 Å². The molecule has 3 aromatic rings. The van der Waals surface area contributed by atoms with E-state index in [9.17, 15) is 19.2 Å². The Morgan fingerprint density at radius 1 is 0.676 bits per heavy atom. The minimum atomic E-state index is -0.634. The predicted molar refractivity (Wildman–Crippen MR) is 133 cm³/mol. The summed E-state index contributed by atoms with van der Waals surface area (Å²) in [5.41, 5.74) is 4.52. The maximum Gasteiger partial charge on any atom is 0.354 e. The summed E-state index contributed by atoms with van der Waals surface area (Å²) >= 11 is 0. The fourth-order valence-corrected chi connectivity index (χ4v) is 4.44. The van der Waals surface area contributed by atoms with Gasteiger partial charge in [0.2, 0.25) is 0 Å². The van der Waals surface area contributed by atoms with Gasteiger partial charge in [0.1, 0.15) is 11.4 Å². The number of hydrogen-bond acceptors (Lipinski definition) is 8. The van der Waals surface area contributed by atoms with Crippen molar-refractivity contribution in [2.75, 3.05) is 28.4 Å². The molecule has 10 heteroatoms. The Labute approximate surface area is 214 Å². The molecule has 0 saturated carbocycles. The second-order valence-corrected chi connectivity index (χ2v) is 8.37. The predicted octanol–water partition coefficient (Wildman–Crippen LogP) is 3.14. The molecule has 0 saturated heterocycles. The fourth-order valence-electron chi connectivity index (χ4n) is 4.44. The van der Waals surface area contributed by atoms with Gasteiger partial charge < -0.3 is 28.9 Å². The van der Waals surface area contributed by atoms with Crippen molar-refractivity contribution in [2.24, 2.45) is 0 Å². The van der Waals surface area contributed by atoms with E-state index in [-0.39, 0.29) is 24.2 Å². The van der Waals surface area contributed by atoms with Crippen molar-refractivity contribution in [3.8, 4) is 0 Å². The van der Waals surface area contributed by atoms with Crippen LogP contribution in [-0.2, 0) is 41.4 Å². The number of carbonyl (C=O) groups excluding carboxylic acids is 4. The molecule has 0 radical (unpaired) electrons. The molecule has 2 heterocycles. The molecule has 10 nitrogen and oxygen atoms in total. The van der Waals surface area contributed by atoms with Gasteiger partial charge in [0, 0.05) is 11.4 Å². The first kappa shape index (κ1) is 27.3. The first-order valence-electron chi connectivity index (χ1n) is 11.5. The van der Waals surface area contributed by atoms with Crippen LogP contribution >= 0.6 is 0 Å². The minimum absolute atomic E-state index is 0.133. The summed E-state index contributed by atoms with van der Waals surface area (Å²) < 4.78 is 19.6. The molecule has 0 atom stereocenters. The van der Waals surface area contributed by atoms with Crippen molar-refractivity contribution in [1.82, 2.24) is 9.97 Å². The highest BCUT2D eigenvalue weighted by Crippen LogP contribution is 2.38. The minimum Gasteiger partial charge on any atom is -0.469 e. The summed E-state index contributed by atoms with van der Waals surface area (Å²) in [6.07, 6.45) is -0.287. The average Bonchev–Trinajstić information content (AvgIpc) is 3.40. The highest BCUT2D eigenvalue weighted by atomic mass is 16.5. The van der Waals surface area contributed by atoms with E-state index in [1.807, 2.05) is 30.3 Å². The van der Waals surface area contributed by atoms with Crippen molar-refractivity contribution in [3.05, 3.63) is 80.9 Å². The molecule has 196 valence electrons. The van der Waals surface area contributed by atoms with E-state index in [0.29, 0.717) is 33.6 Å². The number of methoxy groups -OCH3 is 4. The molecular weight excluding hydrogens is 480 g/mol. The smallest absolute Gasteiger partial charge is 0.354 e. The number of esters is 4. The Morgan fingerprint density at radius 2 is 1.08 bits per heavy atom. The molecule has 0 bridgehead atoms. The number of H-pyrrole nitrogens is 2. The Kier molecular flexibility index (Phi) is 8.54. The van der Waals surface area contributed by atoms with Gasteiger partial charge in [0.05, 0.1) is 47.2 Å². The first-order chi connectivity index (χ1) is 17.7. The number of rotatable bonds is 9. The van der Waals surface area contributed by atoms with E-state index < -0.39 is 29.8 Å². The number of ether oxygens (including phenoxy) is 4. The van der Waals surface area contributed by atoms with Crippen LogP contribution < -0.4 is 0 Å². The van der Waals surface area contributed by atoms with Gasteiger partial charge in [-0.1, -0.05) is 30.3 Å². The lowest BCUT2D eigenvalue weighted by molar-refractivity contribution is -0.140. The Hall–Kier alpha value is -4.34. The number of benzene rings is 1. The molecule has 0 unspecified atom stereocenters. The van der Waals surface area contributed by atoms with Crippen LogP contribution in [0.15, 0.2) is 30.3 Å². The quantitative estimate of drug-likeness (QED) is 0.331. The maximum absolute atomic E-state index is 12.6. The zero-order valence-corrected chi connectivity index (χ0v) is 21.6. The third-order valence-electron chi connectivity index (χ3n) is 6.42. The topological polar surface area (TPSA) is 137 Å². The van der Waals surface area contributed by atoms with Gasteiger partial charge in [0.15, 0.2) is 0 Å². The van der Waals surface area contributed by atoms with Crippen LogP contribution in [0.25, 0.3) is 0 Å². The second kappa shape index (κ2) is 11.6.